The van der Waals surface area contributed by atoms with E-state index in [1.54, 1.807) is 0 Å². The maximum atomic E-state index is 4.07. The van der Waals surface area contributed by atoms with E-state index < -0.39 is 0 Å². The minimum Gasteiger partial charge on any atom is -0.278 e. The Morgan fingerprint density at radius 2 is 2.00 bits per heavy atom. The number of aryl methyl sites for hydroxylation is 1. The Morgan fingerprint density at radius 1 is 1.13 bits per heavy atom. The molecule has 0 radical (unpaired) electrons. The van der Waals surface area contributed by atoms with Gasteiger partial charge in [0.25, 0.3) is 0 Å². The van der Waals surface area contributed by atoms with Gasteiger partial charge in [-0.3, -0.25) is 5.10 Å². The van der Waals surface area contributed by atoms with Crippen LogP contribution in [0.15, 0.2) is 36.5 Å². The Morgan fingerprint density at radius 3 is 2.87 bits per heavy atom. The van der Waals surface area contributed by atoms with E-state index in [-0.39, 0.29) is 0 Å². The molecule has 0 spiro atoms. The van der Waals surface area contributed by atoms with Gasteiger partial charge in [-0.25, -0.2) is 0 Å². The molecule has 0 saturated carbocycles. The maximum Gasteiger partial charge on any atom is 0.0642 e. The maximum absolute atomic E-state index is 4.07. The van der Waals surface area contributed by atoms with Gasteiger partial charge in [0.1, 0.15) is 0 Å². The zero-order valence-corrected chi connectivity index (χ0v) is 8.40. The molecule has 1 aliphatic carbocycles. The predicted molar refractivity (Wildman–Crippen MR) is 61.2 cm³/mol. The fourth-order valence-corrected chi connectivity index (χ4v) is 2.07. The summed E-state index contributed by atoms with van der Waals surface area (Å²) < 4.78 is 0. The third kappa shape index (κ3) is 1.48. The first-order valence-corrected chi connectivity index (χ1v) is 5.22. The van der Waals surface area contributed by atoms with Gasteiger partial charge in [-0.2, -0.15) is 5.10 Å². The smallest absolute Gasteiger partial charge is 0.0642 e. The number of hydrogen-bond acceptors (Lipinski definition) is 1. The third-order valence-electron chi connectivity index (χ3n) is 2.84. The molecule has 74 valence electrons. The zero-order valence-electron chi connectivity index (χ0n) is 8.40. The van der Waals surface area contributed by atoms with Gasteiger partial charge in [-0.1, -0.05) is 30.3 Å². The van der Waals surface area contributed by atoms with Crippen molar-refractivity contribution in [2.24, 2.45) is 0 Å². The molecule has 1 aliphatic rings. The first-order chi connectivity index (χ1) is 7.43. The highest BCUT2D eigenvalue weighted by Crippen LogP contribution is 2.31. The number of rotatable bonds is 1. The molecule has 0 amide bonds. The first kappa shape index (κ1) is 8.48. The largest absolute Gasteiger partial charge is 0.278 e. The summed E-state index contributed by atoms with van der Waals surface area (Å²) in [5, 5.41) is 7.14. The van der Waals surface area contributed by atoms with Gasteiger partial charge in [0.05, 0.1) is 11.9 Å². The van der Waals surface area contributed by atoms with Crippen molar-refractivity contribution in [3.05, 3.63) is 53.3 Å². The number of hydrogen-bond donors (Lipinski definition) is 1. The Balaban J connectivity index is 2.01. The first-order valence-electron chi connectivity index (χ1n) is 5.22. The molecule has 2 aromatic rings. The Hall–Kier alpha value is -1.83. The van der Waals surface area contributed by atoms with Crippen LogP contribution in [0.25, 0.3) is 11.6 Å². The summed E-state index contributed by atoms with van der Waals surface area (Å²) >= 11 is 0. The van der Waals surface area contributed by atoms with Crippen molar-refractivity contribution in [3.63, 3.8) is 0 Å². The minimum absolute atomic E-state index is 1.12. The molecule has 15 heavy (non-hydrogen) atoms. The van der Waals surface area contributed by atoms with Crippen LogP contribution < -0.4 is 0 Å². The molecule has 0 aliphatic heterocycles. The van der Waals surface area contributed by atoms with E-state index in [0.717, 1.165) is 12.8 Å². The number of aromatic nitrogens is 2. The molecular formula is C13H12N2. The summed E-state index contributed by atoms with van der Waals surface area (Å²) in [6.45, 7) is 0. The van der Waals surface area contributed by atoms with E-state index in [0.29, 0.717) is 0 Å². The highest BCUT2D eigenvalue weighted by molar-refractivity contribution is 5.83. The lowest BCUT2D eigenvalue weighted by Crippen LogP contribution is -1.80. The molecule has 0 fully saturated rings. The summed E-state index contributed by atoms with van der Waals surface area (Å²) in [5.74, 6) is 0. The second-order valence-corrected chi connectivity index (χ2v) is 3.85. The van der Waals surface area contributed by atoms with Gasteiger partial charge in [-0.05, 0) is 35.6 Å². The average molecular weight is 196 g/mol. The van der Waals surface area contributed by atoms with Gasteiger partial charge < -0.3 is 0 Å². The van der Waals surface area contributed by atoms with Gasteiger partial charge >= 0.3 is 0 Å². The van der Waals surface area contributed by atoms with Gasteiger partial charge in [0, 0.05) is 0 Å². The molecule has 1 aromatic carbocycles. The molecular weight excluding hydrogens is 184 g/mol. The van der Waals surface area contributed by atoms with Crippen LogP contribution in [-0.2, 0) is 6.42 Å². The lowest BCUT2D eigenvalue weighted by atomic mass is 10.1. The summed E-state index contributed by atoms with van der Waals surface area (Å²) in [6.07, 6.45) is 6.41. The van der Waals surface area contributed by atoms with Crippen molar-refractivity contribution < 1.29 is 0 Å². The number of nitrogens with zero attached hydrogens (tertiary/aromatic N) is 1. The normalized spacial score (nSPS) is 16.9. The summed E-state index contributed by atoms with van der Waals surface area (Å²) in [5.41, 5.74) is 5.19. The van der Waals surface area contributed by atoms with Gasteiger partial charge in [-0.15, -0.1) is 0 Å². The molecule has 1 heterocycles. The molecule has 2 heteroatoms. The van der Waals surface area contributed by atoms with E-state index in [1.165, 1.54) is 22.4 Å². The standard InChI is InChI=1S/C13H12N2/c1-2-4-10(5-3-1)8-11-6-7-12-9-14-15-13(11)12/h1-5,8-9H,6-7H2,(H,14,15)/b11-8+. The lowest BCUT2D eigenvalue weighted by molar-refractivity contribution is 1.04. The van der Waals surface area contributed by atoms with Crippen LogP contribution in [-0.4, -0.2) is 10.2 Å². The molecule has 1 N–H and O–H groups in total. The third-order valence-corrected chi connectivity index (χ3v) is 2.84. The molecule has 3 rings (SSSR count). The Kier molecular flexibility index (Phi) is 1.91. The molecule has 0 atom stereocenters. The summed E-state index contributed by atoms with van der Waals surface area (Å²) in [4.78, 5) is 0. The topological polar surface area (TPSA) is 28.7 Å². The Bertz CT molecular complexity index is 494. The minimum atomic E-state index is 1.12. The van der Waals surface area contributed by atoms with Crippen LogP contribution in [0.2, 0.25) is 0 Å². The van der Waals surface area contributed by atoms with Crippen molar-refractivity contribution in [1.29, 1.82) is 0 Å². The van der Waals surface area contributed by atoms with Crippen molar-refractivity contribution in [2.75, 3.05) is 0 Å². The van der Waals surface area contributed by atoms with E-state index in [2.05, 4.69) is 40.5 Å². The number of H-pyrrole nitrogens is 1. The van der Waals surface area contributed by atoms with Crippen LogP contribution in [0.4, 0.5) is 0 Å². The average Bonchev–Trinajstić information content (AvgIpc) is 2.85. The van der Waals surface area contributed by atoms with Crippen molar-refractivity contribution in [2.45, 2.75) is 12.8 Å². The molecule has 0 unspecified atom stereocenters. The van der Waals surface area contributed by atoms with Crippen LogP contribution >= 0.6 is 0 Å². The van der Waals surface area contributed by atoms with Gasteiger partial charge in [0.15, 0.2) is 0 Å². The van der Waals surface area contributed by atoms with Crippen molar-refractivity contribution in [1.82, 2.24) is 10.2 Å². The monoisotopic (exact) mass is 196 g/mol. The Labute approximate surface area is 88.7 Å². The van der Waals surface area contributed by atoms with E-state index in [1.807, 2.05) is 12.3 Å². The number of nitrogens with one attached hydrogen (secondary N) is 1. The van der Waals surface area contributed by atoms with Crippen molar-refractivity contribution in [3.8, 4) is 0 Å². The SMILES string of the molecule is C(=C1/CCc2cn[nH]c21)/c1ccccc1. The van der Waals surface area contributed by atoms with Crippen LogP contribution in [0.3, 0.4) is 0 Å². The summed E-state index contributed by atoms with van der Waals surface area (Å²) in [7, 11) is 0. The summed E-state index contributed by atoms with van der Waals surface area (Å²) in [6, 6.07) is 10.4. The van der Waals surface area contributed by atoms with E-state index in [9.17, 15) is 0 Å². The molecule has 1 aromatic heterocycles. The quantitative estimate of drug-likeness (QED) is 0.746. The van der Waals surface area contributed by atoms with E-state index >= 15 is 0 Å². The highest BCUT2D eigenvalue weighted by atomic mass is 15.1. The second kappa shape index (κ2) is 3.39. The highest BCUT2D eigenvalue weighted by Gasteiger charge is 2.17. The fraction of sp³-hybridized carbons (Fsp3) is 0.154. The van der Waals surface area contributed by atoms with Crippen LogP contribution in [0, 0.1) is 0 Å². The number of aromatic amines is 1. The molecule has 0 bridgehead atoms. The number of fused-ring (bicyclic) bond motifs is 1. The zero-order chi connectivity index (χ0) is 10.1. The van der Waals surface area contributed by atoms with Crippen LogP contribution in [0.5, 0.6) is 0 Å². The lowest BCUT2D eigenvalue weighted by Gasteiger charge is -1.97. The predicted octanol–water partition coefficient (Wildman–Crippen LogP) is 2.90. The number of allylic oxidation sites excluding steroid dienone is 1. The van der Waals surface area contributed by atoms with Crippen molar-refractivity contribution >= 4 is 11.6 Å². The van der Waals surface area contributed by atoms with Gasteiger partial charge in [0.2, 0.25) is 0 Å². The second-order valence-electron chi connectivity index (χ2n) is 3.85. The van der Waals surface area contributed by atoms with E-state index in [4.69, 9.17) is 0 Å². The van der Waals surface area contributed by atoms with Crippen LogP contribution in [0.1, 0.15) is 23.2 Å². The molecule has 0 saturated heterocycles. The number of benzene rings is 1. The fourth-order valence-electron chi connectivity index (χ4n) is 2.07. The molecule has 2 nitrogen and oxygen atoms in total.